The number of hydrogen-bond donors (Lipinski definition) is 1. The summed E-state index contributed by atoms with van der Waals surface area (Å²) >= 11 is 0. The van der Waals surface area contributed by atoms with Gasteiger partial charge in [-0.05, 0) is 24.1 Å². The zero-order valence-electron chi connectivity index (χ0n) is 15.1. The number of anilines is 1. The van der Waals surface area contributed by atoms with Crippen LogP contribution < -0.4 is 10.1 Å². The van der Waals surface area contributed by atoms with Crippen molar-refractivity contribution < 1.29 is 18.8 Å². The van der Waals surface area contributed by atoms with Crippen LogP contribution in [0.15, 0.2) is 64.1 Å². The third kappa shape index (κ3) is 3.68. The molecule has 0 saturated heterocycles. The van der Waals surface area contributed by atoms with Gasteiger partial charge in [0.25, 0.3) is 11.8 Å². The van der Waals surface area contributed by atoms with Crippen LogP contribution in [-0.2, 0) is 11.2 Å². The molecule has 3 aromatic rings. The summed E-state index contributed by atoms with van der Waals surface area (Å²) in [6.45, 7) is 1.75. The molecule has 7 heteroatoms. The van der Waals surface area contributed by atoms with Crippen molar-refractivity contribution in [3.05, 3.63) is 77.2 Å². The highest BCUT2D eigenvalue weighted by molar-refractivity contribution is 6.45. The number of benzene rings is 2. The number of fused-ring (bicyclic) bond motifs is 1. The smallest absolute Gasteiger partial charge is 0.299 e. The molecule has 4 rings (SSSR count). The van der Waals surface area contributed by atoms with Crippen molar-refractivity contribution >= 4 is 23.2 Å². The van der Waals surface area contributed by atoms with E-state index in [1.165, 1.54) is 6.07 Å². The van der Waals surface area contributed by atoms with Gasteiger partial charge in [0.05, 0.1) is 5.69 Å². The third-order valence-corrected chi connectivity index (χ3v) is 4.34. The van der Waals surface area contributed by atoms with Crippen LogP contribution in [0.2, 0.25) is 0 Å². The van der Waals surface area contributed by atoms with E-state index in [4.69, 9.17) is 9.26 Å². The van der Waals surface area contributed by atoms with Gasteiger partial charge in [0.2, 0.25) is 0 Å². The number of hydrogen-bond acceptors (Lipinski definition) is 5. The average Bonchev–Trinajstić information content (AvgIpc) is 3.10. The van der Waals surface area contributed by atoms with E-state index in [1.807, 2.05) is 49.4 Å². The molecule has 2 aromatic carbocycles. The number of aromatic nitrogens is 1. The summed E-state index contributed by atoms with van der Waals surface area (Å²) in [5.74, 6) is -0.0502. The van der Waals surface area contributed by atoms with Crippen LogP contribution in [0.1, 0.15) is 27.4 Å². The first kappa shape index (κ1) is 17.7. The zero-order valence-corrected chi connectivity index (χ0v) is 15.1. The van der Waals surface area contributed by atoms with E-state index in [1.54, 1.807) is 6.07 Å². The Labute approximate surface area is 161 Å². The normalized spacial score (nSPS) is 14.8. The van der Waals surface area contributed by atoms with E-state index in [0.29, 0.717) is 23.6 Å². The molecule has 0 saturated carbocycles. The largest absolute Gasteiger partial charge is 0.485 e. The van der Waals surface area contributed by atoms with Gasteiger partial charge >= 0.3 is 0 Å². The Hall–Kier alpha value is -3.74. The fraction of sp³-hybridized carbons (Fsp3) is 0.143. The number of carbonyl (C=O) groups excluding carboxylic acids is 2. The molecule has 140 valence electrons. The summed E-state index contributed by atoms with van der Waals surface area (Å²) in [7, 11) is 0. The van der Waals surface area contributed by atoms with E-state index < -0.39 is 11.8 Å². The molecular formula is C21H17N3O4. The van der Waals surface area contributed by atoms with Crippen LogP contribution in [0.3, 0.4) is 0 Å². The Kier molecular flexibility index (Phi) is 4.72. The topological polar surface area (TPSA) is 93.8 Å². The molecule has 0 spiro atoms. The molecule has 2 amide bonds. The maximum absolute atomic E-state index is 12.4. The van der Waals surface area contributed by atoms with Crippen LogP contribution >= 0.6 is 0 Å². The second-order valence-electron chi connectivity index (χ2n) is 6.40. The molecule has 2 heterocycles. The summed E-state index contributed by atoms with van der Waals surface area (Å²) in [5.41, 5.74) is 2.50. The molecule has 1 aliphatic heterocycles. The minimum Gasteiger partial charge on any atom is -0.485 e. The quantitative estimate of drug-likeness (QED) is 0.759. The van der Waals surface area contributed by atoms with Gasteiger partial charge in [-0.15, -0.1) is 0 Å². The van der Waals surface area contributed by atoms with Gasteiger partial charge in [0.15, 0.2) is 5.69 Å². The monoisotopic (exact) mass is 375 g/mol. The van der Waals surface area contributed by atoms with Crippen molar-refractivity contribution in [3.63, 3.8) is 0 Å². The Bertz CT molecular complexity index is 1070. The lowest BCUT2D eigenvalue weighted by atomic mass is 10.1. The van der Waals surface area contributed by atoms with E-state index in [9.17, 15) is 9.59 Å². The van der Waals surface area contributed by atoms with Crippen LogP contribution in [-0.4, -0.2) is 29.3 Å². The Morgan fingerprint density at radius 2 is 2.00 bits per heavy atom. The molecule has 0 aliphatic carbocycles. The number of aryl methyl sites for hydroxylation is 1. The van der Waals surface area contributed by atoms with Crippen LogP contribution in [0.25, 0.3) is 0 Å². The molecule has 0 atom stereocenters. The number of nitrogens with zero attached hydrogens (tertiary/aromatic N) is 2. The van der Waals surface area contributed by atoms with Crippen LogP contribution in [0.4, 0.5) is 5.69 Å². The number of amides is 2. The molecule has 7 nitrogen and oxygen atoms in total. The Morgan fingerprint density at radius 1 is 1.18 bits per heavy atom. The van der Waals surface area contributed by atoms with E-state index in [0.717, 1.165) is 11.1 Å². The predicted molar refractivity (Wildman–Crippen MR) is 103 cm³/mol. The Morgan fingerprint density at radius 3 is 2.82 bits per heavy atom. The first-order chi connectivity index (χ1) is 13.6. The predicted octanol–water partition coefficient (Wildman–Crippen LogP) is 3.19. The standard InChI is InChI=1S/C21H17N3O4/c1-13-6-5-9-18-19(13)23-21(26)17(12-27-18)22-20(25)16-11-15(28-24-16)10-14-7-3-2-4-8-14/h2-9,11H,10,12H2,1H3,(H,23,26). The van der Waals surface area contributed by atoms with Gasteiger partial charge in [0, 0.05) is 12.5 Å². The van der Waals surface area contributed by atoms with Crippen molar-refractivity contribution in [2.45, 2.75) is 13.3 Å². The lowest BCUT2D eigenvalue weighted by Crippen LogP contribution is -2.26. The molecule has 28 heavy (non-hydrogen) atoms. The van der Waals surface area contributed by atoms with Gasteiger partial charge in [0.1, 0.15) is 23.8 Å². The third-order valence-electron chi connectivity index (χ3n) is 4.34. The zero-order chi connectivity index (χ0) is 19.5. The SMILES string of the molecule is Cc1cccc2c1NC(=O)C(=NC(=O)c1cc(Cc3ccccc3)on1)CO2. The summed E-state index contributed by atoms with van der Waals surface area (Å²) in [6, 6.07) is 16.7. The molecule has 0 fully saturated rings. The number of carbonyl (C=O) groups is 2. The first-order valence-electron chi connectivity index (χ1n) is 8.75. The van der Waals surface area contributed by atoms with Crippen molar-refractivity contribution in [2.24, 2.45) is 4.99 Å². The van der Waals surface area contributed by atoms with Crippen molar-refractivity contribution in [1.29, 1.82) is 0 Å². The highest BCUT2D eigenvalue weighted by atomic mass is 16.5. The number of rotatable bonds is 3. The number of aliphatic imine (C=N–C) groups is 1. The molecular weight excluding hydrogens is 358 g/mol. The highest BCUT2D eigenvalue weighted by Crippen LogP contribution is 2.29. The van der Waals surface area contributed by atoms with Gasteiger partial charge in [-0.3, -0.25) is 9.59 Å². The minimum absolute atomic E-state index is 0.0202. The summed E-state index contributed by atoms with van der Waals surface area (Å²) in [5, 5.41) is 6.52. The van der Waals surface area contributed by atoms with Gasteiger partial charge in [-0.2, -0.15) is 0 Å². The second-order valence-corrected chi connectivity index (χ2v) is 6.40. The number of ether oxygens (including phenoxy) is 1. The maximum atomic E-state index is 12.4. The maximum Gasteiger partial charge on any atom is 0.299 e. The van der Waals surface area contributed by atoms with Crippen molar-refractivity contribution in [1.82, 2.24) is 5.16 Å². The lowest BCUT2D eigenvalue weighted by molar-refractivity contribution is -0.110. The Balaban J connectivity index is 1.51. The van der Waals surface area contributed by atoms with Gasteiger partial charge < -0.3 is 14.6 Å². The van der Waals surface area contributed by atoms with Crippen LogP contribution in [0.5, 0.6) is 5.75 Å². The highest BCUT2D eigenvalue weighted by Gasteiger charge is 2.23. The van der Waals surface area contributed by atoms with E-state index in [2.05, 4.69) is 15.5 Å². The van der Waals surface area contributed by atoms with E-state index in [-0.39, 0.29) is 18.0 Å². The molecule has 0 unspecified atom stereocenters. The first-order valence-corrected chi connectivity index (χ1v) is 8.75. The van der Waals surface area contributed by atoms with Crippen molar-refractivity contribution in [3.8, 4) is 5.75 Å². The second kappa shape index (κ2) is 7.48. The van der Waals surface area contributed by atoms with Crippen LogP contribution in [0, 0.1) is 6.92 Å². The molecule has 0 bridgehead atoms. The fourth-order valence-corrected chi connectivity index (χ4v) is 2.88. The summed E-state index contributed by atoms with van der Waals surface area (Å²) in [6.07, 6.45) is 0.510. The summed E-state index contributed by atoms with van der Waals surface area (Å²) in [4.78, 5) is 28.8. The summed E-state index contributed by atoms with van der Waals surface area (Å²) < 4.78 is 10.8. The number of para-hydroxylation sites is 1. The van der Waals surface area contributed by atoms with Gasteiger partial charge in [-0.25, -0.2) is 4.99 Å². The van der Waals surface area contributed by atoms with E-state index >= 15 is 0 Å². The van der Waals surface area contributed by atoms with Gasteiger partial charge in [-0.1, -0.05) is 47.6 Å². The molecule has 1 aliphatic rings. The van der Waals surface area contributed by atoms with Crippen molar-refractivity contribution in [2.75, 3.05) is 11.9 Å². The minimum atomic E-state index is -0.653. The number of nitrogens with one attached hydrogen (secondary N) is 1. The average molecular weight is 375 g/mol. The molecule has 1 aromatic heterocycles. The molecule has 0 radical (unpaired) electrons. The lowest BCUT2D eigenvalue weighted by Gasteiger charge is -2.08. The molecule has 1 N–H and O–H groups in total. The fourth-order valence-electron chi connectivity index (χ4n) is 2.88.